The summed E-state index contributed by atoms with van der Waals surface area (Å²) in [6.45, 7) is 7.64. The van der Waals surface area contributed by atoms with Crippen molar-refractivity contribution in [2.24, 2.45) is 0 Å². The summed E-state index contributed by atoms with van der Waals surface area (Å²) in [7, 11) is 0. The average molecular weight is 326 g/mol. The zero-order valence-electron chi connectivity index (χ0n) is 14.2. The molecule has 6 heteroatoms. The van der Waals surface area contributed by atoms with Gasteiger partial charge in [-0.2, -0.15) is 0 Å². The molecule has 1 aromatic rings. The fourth-order valence-corrected chi connectivity index (χ4v) is 2.59. The summed E-state index contributed by atoms with van der Waals surface area (Å²) in [6, 6.07) is 1.36. The summed E-state index contributed by atoms with van der Waals surface area (Å²) >= 11 is 0. The summed E-state index contributed by atoms with van der Waals surface area (Å²) < 4.78 is 34.1. The number of rotatable bonds is 2. The number of carbonyl (C=O) groups is 1. The van der Waals surface area contributed by atoms with Crippen molar-refractivity contribution >= 4 is 6.09 Å². The van der Waals surface area contributed by atoms with Gasteiger partial charge in [0.2, 0.25) is 0 Å². The molecule has 0 bridgehead atoms. The van der Waals surface area contributed by atoms with Gasteiger partial charge in [0.15, 0.2) is 0 Å². The van der Waals surface area contributed by atoms with E-state index in [1.807, 2.05) is 0 Å². The summed E-state index contributed by atoms with van der Waals surface area (Å²) in [5.41, 5.74) is -1.26. The first-order valence-electron chi connectivity index (χ1n) is 7.86. The lowest BCUT2D eigenvalue weighted by atomic mass is 9.88. The Morgan fingerprint density at radius 3 is 2.52 bits per heavy atom. The van der Waals surface area contributed by atoms with E-state index in [4.69, 9.17) is 4.74 Å². The summed E-state index contributed by atoms with van der Waals surface area (Å²) in [5, 5.41) is 0. The van der Waals surface area contributed by atoms with Crippen LogP contribution in [0.3, 0.4) is 0 Å². The number of likely N-dealkylation sites (tertiary alicyclic amines) is 1. The van der Waals surface area contributed by atoms with Gasteiger partial charge in [-0.05, 0) is 52.2 Å². The Kier molecular flexibility index (Phi) is 4.92. The molecule has 1 saturated heterocycles. The number of pyridine rings is 1. The Hall–Kier alpha value is -1.72. The molecule has 1 fully saturated rings. The van der Waals surface area contributed by atoms with Gasteiger partial charge in [0, 0.05) is 25.7 Å². The highest BCUT2D eigenvalue weighted by atomic mass is 19.1. The molecule has 1 aliphatic heterocycles. The van der Waals surface area contributed by atoms with Crippen LogP contribution in [0.2, 0.25) is 0 Å². The normalized spacial score (nSPS) is 17.9. The zero-order chi connectivity index (χ0) is 17.3. The van der Waals surface area contributed by atoms with Gasteiger partial charge in [0.1, 0.15) is 17.1 Å². The molecule has 128 valence electrons. The van der Waals surface area contributed by atoms with Gasteiger partial charge in [-0.15, -0.1) is 0 Å². The third kappa shape index (κ3) is 4.88. The molecule has 4 nitrogen and oxygen atoms in total. The van der Waals surface area contributed by atoms with E-state index in [0.717, 1.165) is 0 Å². The number of hydrogen-bond acceptors (Lipinski definition) is 3. The molecule has 23 heavy (non-hydrogen) atoms. The smallest absolute Gasteiger partial charge is 0.410 e. The van der Waals surface area contributed by atoms with E-state index in [-0.39, 0.29) is 38.0 Å². The highest BCUT2D eigenvalue weighted by molar-refractivity contribution is 5.68. The second-order valence-corrected chi connectivity index (χ2v) is 7.24. The second-order valence-electron chi connectivity index (χ2n) is 7.24. The first-order valence-corrected chi connectivity index (χ1v) is 7.86. The summed E-state index contributed by atoms with van der Waals surface area (Å²) in [4.78, 5) is 17.5. The van der Waals surface area contributed by atoms with Crippen LogP contribution in [-0.2, 0) is 11.2 Å². The van der Waals surface area contributed by atoms with E-state index >= 15 is 0 Å². The summed E-state index contributed by atoms with van der Waals surface area (Å²) in [6.07, 6.45) is 1.35. The van der Waals surface area contributed by atoms with E-state index in [9.17, 15) is 13.6 Å². The van der Waals surface area contributed by atoms with Gasteiger partial charge in [0.05, 0.1) is 5.69 Å². The van der Waals surface area contributed by atoms with Crippen molar-refractivity contribution in [1.82, 2.24) is 9.88 Å². The second kappa shape index (κ2) is 6.42. The lowest BCUT2D eigenvalue weighted by Crippen LogP contribution is -2.47. The standard InChI is InChI=1S/C17H24F2N2O2/c1-12-9-13(18)14(20-11-12)10-17(19)5-7-21(8-6-17)15(22)23-16(2,3)4/h9,11H,5-8,10H2,1-4H3. The lowest BCUT2D eigenvalue weighted by Gasteiger charge is -2.37. The first kappa shape index (κ1) is 17.6. The molecule has 0 spiro atoms. The molecule has 0 N–H and O–H groups in total. The molecule has 0 saturated carbocycles. The van der Waals surface area contributed by atoms with Crippen LogP contribution in [0.25, 0.3) is 0 Å². The van der Waals surface area contributed by atoms with Gasteiger partial charge >= 0.3 is 6.09 Å². The number of halogens is 2. The van der Waals surface area contributed by atoms with Crippen molar-refractivity contribution in [2.75, 3.05) is 13.1 Å². The number of aryl methyl sites for hydroxylation is 1. The Labute approximate surface area is 135 Å². The number of carbonyl (C=O) groups excluding carboxylic acids is 1. The molecular formula is C17H24F2N2O2. The van der Waals surface area contributed by atoms with Crippen molar-refractivity contribution in [3.8, 4) is 0 Å². The topological polar surface area (TPSA) is 42.4 Å². The number of hydrogen-bond donors (Lipinski definition) is 0. The van der Waals surface area contributed by atoms with Gasteiger partial charge in [-0.3, -0.25) is 4.98 Å². The fraction of sp³-hybridized carbons (Fsp3) is 0.647. The van der Waals surface area contributed by atoms with Crippen LogP contribution < -0.4 is 0 Å². The number of ether oxygens (including phenoxy) is 1. The van der Waals surface area contributed by atoms with Crippen LogP contribution in [0.15, 0.2) is 12.3 Å². The van der Waals surface area contributed by atoms with E-state index in [1.165, 1.54) is 17.2 Å². The highest BCUT2D eigenvalue weighted by Gasteiger charge is 2.38. The Morgan fingerprint density at radius 1 is 1.39 bits per heavy atom. The van der Waals surface area contributed by atoms with Crippen molar-refractivity contribution in [2.45, 2.75) is 58.2 Å². The monoisotopic (exact) mass is 326 g/mol. The fourth-order valence-electron chi connectivity index (χ4n) is 2.59. The molecule has 0 aliphatic carbocycles. The molecule has 0 radical (unpaired) electrons. The van der Waals surface area contributed by atoms with Gasteiger partial charge in [-0.1, -0.05) is 0 Å². The maximum atomic E-state index is 14.9. The predicted octanol–water partition coefficient (Wildman–Crippen LogP) is 3.81. The van der Waals surface area contributed by atoms with Crippen LogP contribution in [0.4, 0.5) is 13.6 Å². The van der Waals surface area contributed by atoms with Crippen LogP contribution >= 0.6 is 0 Å². The molecule has 1 amide bonds. The molecule has 2 heterocycles. The Bertz CT molecular complexity index is 576. The van der Waals surface area contributed by atoms with Crippen LogP contribution in [0, 0.1) is 12.7 Å². The van der Waals surface area contributed by atoms with Crippen LogP contribution in [0.5, 0.6) is 0 Å². The van der Waals surface area contributed by atoms with Crippen molar-refractivity contribution in [1.29, 1.82) is 0 Å². The van der Waals surface area contributed by atoms with E-state index in [2.05, 4.69) is 4.98 Å². The van der Waals surface area contributed by atoms with E-state index in [0.29, 0.717) is 5.56 Å². The maximum absolute atomic E-state index is 14.9. The highest BCUT2D eigenvalue weighted by Crippen LogP contribution is 2.31. The zero-order valence-corrected chi connectivity index (χ0v) is 14.2. The minimum absolute atomic E-state index is 0.0682. The van der Waals surface area contributed by atoms with Gasteiger partial charge in [-0.25, -0.2) is 13.6 Å². The number of nitrogens with zero attached hydrogens (tertiary/aromatic N) is 2. The third-order valence-electron chi connectivity index (χ3n) is 3.85. The third-order valence-corrected chi connectivity index (χ3v) is 3.85. The molecule has 1 aromatic heterocycles. The quantitative estimate of drug-likeness (QED) is 0.830. The van der Waals surface area contributed by atoms with Gasteiger partial charge in [0.25, 0.3) is 0 Å². The minimum atomic E-state index is -1.54. The summed E-state index contributed by atoms with van der Waals surface area (Å²) in [5.74, 6) is -0.475. The number of amides is 1. The number of aromatic nitrogens is 1. The molecule has 0 atom stereocenters. The van der Waals surface area contributed by atoms with Crippen molar-refractivity contribution < 1.29 is 18.3 Å². The van der Waals surface area contributed by atoms with Crippen molar-refractivity contribution in [3.63, 3.8) is 0 Å². The van der Waals surface area contributed by atoms with Crippen LogP contribution in [0.1, 0.15) is 44.9 Å². The average Bonchev–Trinajstić information content (AvgIpc) is 2.41. The van der Waals surface area contributed by atoms with Gasteiger partial charge < -0.3 is 9.64 Å². The largest absolute Gasteiger partial charge is 0.444 e. The molecular weight excluding hydrogens is 302 g/mol. The van der Waals surface area contributed by atoms with Crippen LogP contribution in [-0.4, -0.2) is 40.3 Å². The SMILES string of the molecule is Cc1cnc(CC2(F)CCN(C(=O)OC(C)(C)C)CC2)c(F)c1. The number of piperidine rings is 1. The van der Waals surface area contributed by atoms with E-state index in [1.54, 1.807) is 27.7 Å². The Balaban J connectivity index is 1.95. The molecule has 1 aliphatic rings. The molecule has 0 unspecified atom stereocenters. The van der Waals surface area contributed by atoms with Crippen molar-refractivity contribution in [3.05, 3.63) is 29.3 Å². The Morgan fingerprint density at radius 2 is 2.00 bits per heavy atom. The molecule has 0 aromatic carbocycles. The number of alkyl halides is 1. The maximum Gasteiger partial charge on any atom is 0.410 e. The molecule has 2 rings (SSSR count). The lowest BCUT2D eigenvalue weighted by molar-refractivity contribution is 0.00304. The predicted molar refractivity (Wildman–Crippen MR) is 83.5 cm³/mol. The minimum Gasteiger partial charge on any atom is -0.444 e. The first-order chi connectivity index (χ1) is 10.6. The van der Waals surface area contributed by atoms with E-state index < -0.39 is 23.2 Å².